The Morgan fingerprint density at radius 2 is 1.05 bits per heavy atom. The summed E-state index contributed by atoms with van der Waals surface area (Å²) >= 11 is 0. The molecule has 14 heteroatoms. The van der Waals surface area contributed by atoms with Crippen molar-refractivity contribution in [1.29, 1.82) is 0 Å². The molecule has 4 atom stereocenters. The predicted octanol–water partition coefficient (Wildman–Crippen LogP) is 14.2. The van der Waals surface area contributed by atoms with Crippen LogP contribution < -0.4 is 11.1 Å². The quantitative estimate of drug-likeness (QED) is 0.121. The van der Waals surface area contributed by atoms with Crippen molar-refractivity contribution in [2.45, 2.75) is 169 Å². The van der Waals surface area contributed by atoms with Crippen molar-refractivity contribution in [2.24, 2.45) is 5.73 Å². The number of nitrogens with one attached hydrogen (secondary N) is 1. The standard InChI is InChI=1S/C34H38FN3O4.C33H37FN2O3/c1-20(2)31-28(15-14-25-17-26(16-21(3)39)42-34(4,5)41-25)30(22-10-12-24(35)13-11-22)29-19-38(33(36)40)18-23-8-6-7-9-27(23)32(29)37-31;1-20(2)31-28(15-14-25-17-26(16-21(3)37)39-33(4,5)38-25)30(22-10-12-24(34)13-11-22)29-19-35-18-23-8-6-7-9-27(23)32(29)36-31/h6-15,20,25-26H,16-19H2,1-5H3,(H2,36,40);6-15,20,25-26,35H,16-19H2,1-5H3/b2*15-14+/t2*25-,26+/m11/s1. The van der Waals surface area contributed by atoms with Crippen molar-refractivity contribution in [3.05, 3.63) is 166 Å². The van der Waals surface area contributed by atoms with Crippen molar-refractivity contribution in [1.82, 2.24) is 20.2 Å². The van der Waals surface area contributed by atoms with E-state index in [0.29, 0.717) is 38.8 Å². The van der Waals surface area contributed by atoms with Crippen LogP contribution in [0.15, 0.2) is 109 Å². The zero-order valence-electron chi connectivity index (χ0n) is 48.2. The molecular formula is C67H75F2N5O7. The fourth-order valence-corrected chi connectivity index (χ4v) is 11.8. The minimum absolute atomic E-state index is 0.0503. The third-order valence-electron chi connectivity index (χ3n) is 15.0. The molecule has 4 aromatic carbocycles. The maximum absolute atomic E-state index is 14.1. The highest BCUT2D eigenvalue weighted by atomic mass is 19.1. The van der Waals surface area contributed by atoms with Gasteiger partial charge in [-0.05, 0) is 111 Å². The number of Topliss-reactive ketones (excluding diaryl/α,β-unsaturated/α-hetero) is 2. The van der Waals surface area contributed by atoms with E-state index >= 15 is 0 Å². The van der Waals surface area contributed by atoms with Gasteiger partial charge in [-0.2, -0.15) is 0 Å². The molecule has 81 heavy (non-hydrogen) atoms. The van der Waals surface area contributed by atoms with Crippen molar-refractivity contribution in [2.75, 3.05) is 0 Å². The third kappa shape index (κ3) is 13.8. The average Bonchev–Trinajstić information content (AvgIpc) is 4.01. The molecule has 0 bridgehead atoms. The number of primary amides is 1. The number of halogens is 2. The van der Waals surface area contributed by atoms with Gasteiger partial charge in [-0.3, -0.25) is 19.6 Å². The number of carbonyl (C=O) groups is 3. The van der Waals surface area contributed by atoms with E-state index in [-0.39, 0.29) is 66.0 Å². The smallest absolute Gasteiger partial charge is 0.315 e. The molecule has 0 spiro atoms. The molecule has 424 valence electrons. The van der Waals surface area contributed by atoms with Gasteiger partial charge in [0.2, 0.25) is 0 Å². The van der Waals surface area contributed by atoms with Crippen LogP contribution in [-0.4, -0.2) is 68.5 Å². The topological polar surface area (TPSA) is 155 Å². The first-order valence-electron chi connectivity index (χ1n) is 28.2. The molecule has 3 N–H and O–H groups in total. The van der Waals surface area contributed by atoms with Gasteiger partial charge >= 0.3 is 6.03 Å². The van der Waals surface area contributed by atoms with E-state index in [1.807, 2.05) is 76.2 Å². The molecule has 4 aliphatic heterocycles. The van der Waals surface area contributed by atoms with Crippen LogP contribution in [0.5, 0.6) is 0 Å². The van der Waals surface area contributed by atoms with Crippen molar-refractivity contribution in [3.63, 3.8) is 0 Å². The Hall–Kier alpha value is -7.07. The molecule has 0 aliphatic carbocycles. The number of ether oxygens (including phenoxy) is 4. The van der Waals surface area contributed by atoms with Crippen LogP contribution in [0.25, 0.3) is 56.9 Å². The van der Waals surface area contributed by atoms with Crippen LogP contribution >= 0.6 is 0 Å². The first kappa shape index (κ1) is 58.6. The number of benzene rings is 4. The number of rotatable bonds is 12. The Bertz CT molecular complexity index is 3370. The van der Waals surface area contributed by atoms with Crippen LogP contribution in [0.3, 0.4) is 0 Å². The first-order valence-corrected chi connectivity index (χ1v) is 28.2. The van der Waals surface area contributed by atoms with Gasteiger partial charge in [-0.15, -0.1) is 0 Å². The van der Waals surface area contributed by atoms with E-state index in [4.69, 9.17) is 34.6 Å². The van der Waals surface area contributed by atoms with E-state index in [1.54, 1.807) is 30.9 Å². The number of nitrogens with two attached hydrogens (primary N) is 1. The Labute approximate surface area is 475 Å². The summed E-state index contributed by atoms with van der Waals surface area (Å²) in [6.07, 6.45) is 9.00. The Balaban J connectivity index is 0.000000196. The third-order valence-corrected chi connectivity index (χ3v) is 15.0. The Morgan fingerprint density at radius 1 is 0.617 bits per heavy atom. The van der Waals surface area contributed by atoms with Crippen LogP contribution in [0.4, 0.5) is 13.6 Å². The molecule has 2 fully saturated rings. The second-order valence-electron chi connectivity index (χ2n) is 23.3. The summed E-state index contributed by atoms with van der Waals surface area (Å²) in [5, 5.41) is 3.59. The van der Waals surface area contributed by atoms with Crippen molar-refractivity contribution < 1.29 is 42.1 Å². The molecule has 2 aromatic heterocycles. The molecule has 0 unspecified atom stereocenters. The number of pyridine rings is 2. The SMILES string of the molecule is CC(=O)C[C@H]1C[C@@H](/C=C/c2c(C(C)C)nc3c(c2-c2ccc(F)cc2)CN(C(N)=O)Cc2ccccc2-3)OC(C)(C)O1.CC(=O)C[C@H]1C[C@@H](/C=C/c2c(C(C)C)nc3c(c2-c2ccc(F)cc2)CNCc2ccccc2-3)OC(C)(C)O1. The van der Waals surface area contributed by atoms with E-state index in [0.717, 1.165) is 90.5 Å². The molecular weight excluding hydrogens is 1020 g/mol. The van der Waals surface area contributed by atoms with Crippen LogP contribution in [0, 0.1) is 11.6 Å². The second-order valence-corrected chi connectivity index (χ2v) is 23.3. The van der Waals surface area contributed by atoms with Gasteiger partial charge in [-0.1, -0.05) is 125 Å². The number of ketones is 2. The molecule has 10 rings (SSSR count). The van der Waals surface area contributed by atoms with E-state index in [9.17, 15) is 23.2 Å². The zero-order chi connectivity index (χ0) is 57.9. The Kier molecular flexibility index (Phi) is 17.8. The minimum atomic E-state index is -0.855. The molecule has 12 nitrogen and oxygen atoms in total. The summed E-state index contributed by atoms with van der Waals surface area (Å²) in [5.41, 5.74) is 21.2. The molecule has 6 heterocycles. The zero-order valence-corrected chi connectivity index (χ0v) is 48.2. The highest BCUT2D eigenvalue weighted by Gasteiger charge is 2.37. The summed E-state index contributed by atoms with van der Waals surface area (Å²) < 4.78 is 52.7. The lowest BCUT2D eigenvalue weighted by atomic mass is 9.87. The summed E-state index contributed by atoms with van der Waals surface area (Å²) in [6.45, 7) is 21.1. The molecule has 6 aromatic rings. The average molecular weight is 1100 g/mol. The molecule has 2 amide bonds. The van der Waals surface area contributed by atoms with E-state index in [2.05, 4.69) is 69.4 Å². The van der Waals surface area contributed by atoms with Gasteiger partial charge in [-0.25, -0.2) is 13.6 Å². The predicted molar refractivity (Wildman–Crippen MR) is 313 cm³/mol. The van der Waals surface area contributed by atoms with Gasteiger partial charge in [0.25, 0.3) is 0 Å². The maximum Gasteiger partial charge on any atom is 0.315 e. The number of nitrogens with zero attached hydrogens (tertiary/aromatic N) is 3. The monoisotopic (exact) mass is 1100 g/mol. The molecule has 2 saturated heterocycles. The second kappa shape index (κ2) is 24.6. The summed E-state index contributed by atoms with van der Waals surface area (Å²) in [5.74, 6) is -1.89. The minimum Gasteiger partial charge on any atom is -0.351 e. The highest BCUT2D eigenvalue weighted by Crippen LogP contribution is 2.44. The highest BCUT2D eigenvalue weighted by molar-refractivity contribution is 5.88. The lowest BCUT2D eigenvalue weighted by molar-refractivity contribution is -0.290. The number of hydrogen-bond acceptors (Lipinski definition) is 10. The molecule has 0 saturated carbocycles. The molecule has 0 radical (unpaired) electrons. The summed E-state index contributed by atoms with van der Waals surface area (Å²) in [4.78, 5) is 48.4. The van der Waals surface area contributed by atoms with Gasteiger partial charge < -0.3 is 34.9 Å². The maximum atomic E-state index is 14.1. The first-order chi connectivity index (χ1) is 38.5. The fraction of sp³-hybridized carbons (Fsp3) is 0.388. The van der Waals surface area contributed by atoms with Gasteiger partial charge in [0.05, 0.1) is 53.7 Å². The van der Waals surface area contributed by atoms with Gasteiger partial charge in [0, 0.05) is 78.7 Å². The van der Waals surface area contributed by atoms with Crippen LogP contribution in [0.1, 0.15) is 152 Å². The van der Waals surface area contributed by atoms with E-state index < -0.39 is 17.6 Å². The number of urea groups is 1. The molecule has 4 aliphatic rings. The van der Waals surface area contributed by atoms with Crippen LogP contribution in [0.2, 0.25) is 0 Å². The summed E-state index contributed by atoms with van der Waals surface area (Å²) in [7, 11) is 0. The number of hydrogen-bond donors (Lipinski definition) is 2. The number of aromatic nitrogens is 2. The van der Waals surface area contributed by atoms with E-state index in [1.165, 1.54) is 29.8 Å². The normalized spacial score (nSPS) is 20.1. The van der Waals surface area contributed by atoms with Crippen molar-refractivity contribution >= 4 is 29.7 Å². The van der Waals surface area contributed by atoms with Gasteiger partial charge in [0.1, 0.15) is 23.2 Å². The van der Waals surface area contributed by atoms with Crippen molar-refractivity contribution in [3.8, 4) is 44.8 Å². The number of fused-ring (bicyclic) bond motifs is 6. The van der Waals surface area contributed by atoms with Gasteiger partial charge in [0.15, 0.2) is 11.6 Å². The summed E-state index contributed by atoms with van der Waals surface area (Å²) in [6, 6.07) is 28.9. The number of carbonyl (C=O) groups excluding carboxylic acids is 3. The largest absolute Gasteiger partial charge is 0.351 e. The lowest BCUT2D eigenvalue weighted by Crippen LogP contribution is -2.44. The fourth-order valence-electron chi connectivity index (χ4n) is 11.8. The number of amides is 2. The van der Waals surface area contributed by atoms with Crippen LogP contribution in [-0.2, 0) is 54.7 Å². The Morgan fingerprint density at radius 3 is 1.51 bits per heavy atom. The lowest BCUT2D eigenvalue weighted by Gasteiger charge is -2.39.